The molecule has 1 amide bonds. The lowest BCUT2D eigenvalue weighted by Crippen LogP contribution is -2.33. The van der Waals surface area contributed by atoms with E-state index in [-0.39, 0.29) is 12.3 Å². The molecule has 0 atom stereocenters. The molecule has 0 saturated heterocycles. The summed E-state index contributed by atoms with van der Waals surface area (Å²) in [6.45, 7) is 7.59. The third-order valence-electron chi connectivity index (χ3n) is 4.04. The van der Waals surface area contributed by atoms with Crippen molar-refractivity contribution >= 4 is 22.8 Å². The summed E-state index contributed by atoms with van der Waals surface area (Å²) in [6, 6.07) is 6.01. The number of aliphatic carboxylic acids is 1. The topological polar surface area (TPSA) is 82.2 Å². The van der Waals surface area contributed by atoms with Crippen LogP contribution in [0.3, 0.4) is 0 Å². The number of nitrogens with one attached hydrogen (secondary N) is 2. The Bertz CT molecular complexity index is 729. The zero-order valence-corrected chi connectivity index (χ0v) is 13.4. The van der Waals surface area contributed by atoms with Gasteiger partial charge >= 0.3 is 5.97 Å². The van der Waals surface area contributed by atoms with E-state index in [9.17, 15) is 9.59 Å². The molecule has 0 radical (unpaired) electrons. The molecule has 0 saturated carbocycles. The van der Waals surface area contributed by atoms with Crippen molar-refractivity contribution in [2.45, 2.75) is 40.7 Å². The molecular weight excluding hydrogens is 280 g/mol. The zero-order chi connectivity index (χ0) is 16.5. The molecule has 0 aliphatic rings. The fourth-order valence-corrected chi connectivity index (χ4v) is 2.36. The molecule has 22 heavy (non-hydrogen) atoms. The predicted molar refractivity (Wildman–Crippen MR) is 85.7 cm³/mol. The van der Waals surface area contributed by atoms with Gasteiger partial charge in [-0.15, -0.1) is 0 Å². The molecule has 5 nitrogen and oxygen atoms in total. The second-order valence-electron chi connectivity index (χ2n) is 6.40. The number of aromatic amines is 1. The molecule has 3 N–H and O–H groups in total. The Morgan fingerprint density at radius 2 is 1.95 bits per heavy atom. The van der Waals surface area contributed by atoms with Gasteiger partial charge in [-0.25, -0.2) is 0 Å². The van der Waals surface area contributed by atoms with Crippen LogP contribution in [0.5, 0.6) is 0 Å². The van der Waals surface area contributed by atoms with E-state index in [1.807, 2.05) is 19.1 Å². The summed E-state index contributed by atoms with van der Waals surface area (Å²) in [5.41, 5.74) is 3.37. The van der Waals surface area contributed by atoms with E-state index in [0.717, 1.165) is 22.2 Å². The smallest absolute Gasteiger partial charge is 0.309 e. The highest BCUT2D eigenvalue weighted by atomic mass is 16.4. The van der Waals surface area contributed by atoms with E-state index in [1.165, 1.54) is 5.56 Å². The number of fused-ring (bicyclic) bond motifs is 1. The number of H-pyrrole nitrogens is 1. The normalized spacial score (nSPS) is 11.6. The number of benzene rings is 1. The summed E-state index contributed by atoms with van der Waals surface area (Å²) in [5.74, 6) is -1.23. The van der Waals surface area contributed by atoms with Crippen molar-refractivity contribution in [2.75, 3.05) is 0 Å². The van der Waals surface area contributed by atoms with E-state index in [0.29, 0.717) is 6.54 Å². The molecule has 0 aliphatic carbocycles. The molecular formula is C17H22N2O3. The van der Waals surface area contributed by atoms with Crippen LogP contribution in [-0.2, 0) is 16.1 Å². The Morgan fingerprint density at radius 1 is 1.27 bits per heavy atom. The highest BCUT2D eigenvalue weighted by Crippen LogP contribution is 2.23. The predicted octanol–water partition coefficient (Wildman–Crippen LogP) is 2.90. The Balaban J connectivity index is 2.04. The number of carbonyl (C=O) groups is 2. The van der Waals surface area contributed by atoms with Gasteiger partial charge < -0.3 is 15.4 Å². The number of hydrogen-bond donors (Lipinski definition) is 3. The summed E-state index contributed by atoms with van der Waals surface area (Å²) in [5, 5.41) is 13.0. The maximum atomic E-state index is 11.9. The molecule has 0 spiro atoms. The Labute approximate surface area is 129 Å². The summed E-state index contributed by atoms with van der Waals surface area (Å²) in [6.07, 6.45) is -0.0349. The summed E-state index contributed by atoms with van der Waals surface area (Å²) >= 11 is 0. The second-order valence-corrected chi connectivity index (χ2v) is 6.40. The number of aromatic nitrogens is 1. The Morgan fingerprint density at radius 3 is 2.59 bits per heavy atom. The fraction of sp³-hybridized carbons (Fsp3) is 0.412. The lowest BCUT2D eigenvalue weighted by molar-refractivity contribution is -0.149. The van der Waals surface area contributed by atoms with Crippen molar-refractivity contribution in [1.29, 1.82) is 0 Å². The Hall–Kier alpha value is -2.30. The van der Waals surface area contributed by atoms with Crippen molar-refractivity contribution in [3.63, 3.8) is 0 Å². The van der Waals surface area contributed by atoms with E-state index in [1.54, 1.807) is 13.8 Å². The highest BCUT2D eigenvalue weighted by molar-refractivity contribution is 5.86. The van der Waals surface area contributed by atoms with E-state index < -0.39 is 11.4 Å². The van der Waals surface area contributed by atoms with Gasteiger partial charge in [0.05, 0.1) is 5.41 Å². The van der Waals surface area contributed by atoms with Crippen LogP contribution >= 0.6 is 0 Å². The van der Waals surface area contributed by atoms with Crippen molar-refractivity contribution in [3.05, 3.63) is 35.0 Å². The van der Waals surface area contributed by atoms with Gasteiger partial charge in [0.2, 0.25) is 5.91 Å². The van der Waals surface area contributed by atoms with Crippen LogP contribution in [0.15, 0.2) is 18.2 Å². The van der Waals surface area contributed by atoms with Gasteiger partial charge in [-0.3, -0.25) is 9.59 Å². The molecule has 0 unspecified atom stereocenters. The number of carbonyl (C=O) groups excluding carboxylic acids is 1. The summed E-state index contributed by atoms with van der Waals surface area (Å²) in [4.78, 5) is 26.2. The van der Waals surface area contributed by atoms with Crippen molar-refractivity contribution in [2.24, 2.45) is 5.41 Å². The lowest BCUT2D eigenvalue weighted by Gasteiger charge is -2.18. The molecule has 2 aromatic rings. The quantitative estimate of drug-likeness (QED) is 0.794. The first-order chi connectivity index (χ1) is 10.2. The first-order valence-corrected chi connectivity index (χ1v) is 7.28. The molecule has 2 rings (SSSR count). The van der Waals surface area contributed by atoms with Crippen molar-refractivity contribution in [1.82, 2.24) is 10.3 Å². The van der Waals surface area contributed by atoms with Gasteiger partial charge in [0.15, 0.2) is 0 Å². The van der Waals surface area contributed by atoms with E-state index in [4.69, 9.17) is 5.11 Å². The first kappa shape index (κ1) is 16.1. The molecule has 0 fully saturated rings. The van der Waals surface area contributed by atoms with Gasteiger partial charge in [0, 0.05) is 29.6 Å². The summed E-state index contributed by atoms with van der Waals surface area (Å²) < 4.78 is 0. The van der Waals surface area contributed by atoms with Crippen LogP contribution in [-0.4, -0.2) is 22.0 Å². The van der Waals surface area contributed by atoms with Gasteiger partial charge in [0.25, 0.3) is 0 Å². The van der Waals surface area contributed by atoms with Crippen LogP contribution in [0.4, 0.5) is 0 Å². The van der Waals surface area contributed by atoms with Gasteiger partial charge in [-0.2, -0.15) is 0 Å². The van der Waals surface area contributed by atoms with E-state index >= 15 is 0 Å². The zero-order valence-electron chi connectivity index (χ0n) is 13.4. The minimum atomic E-state index is -1.05. The third kappa shape index (κ3) is 3.30. The fourth-order valence-electron chi connectivity index (χ4n) is 2.36. The number of carboxylic acids is 1. The lowest BCUT2D eigenvalue weighted by atomic mass is 9.89. The molecule has 0 aliphatic heterocycles. The minimum Gasteiger partial charge on any atom is -0.481 e. The largest absolute Gasteiger partial charge is 0.481 e. The molecule has 1 aromatic heterocycles. The number of hydrogen-bond acceptors (Lipinski definition) is 2. The van der Waals surface area contributed by atoms with Crippen LogP contribution in [0.2, 0.25) is 0 Å². The van der Waals surface area contributed by atoms with Gasteiger partial charge in [-0.1, -0.05) is 6.07 Å². The van der Waals surface area contributed by atoms with Gasteiger partial charge in [-0.05, 0) is 51.0 Å². The maximum absolute atomic E-state index is 11.9. The summed E-state index contributed by atoms with van der Waals surface area (Å²) in [7, 11) is 0. The minimum absolute atomic E-state index is 0.0349. The van der Waals surface area contributed by atoms with Crippen molar-refractivity contribution in [3.8, 4) is 0 Å². The van der Waals surface area contributed by atoms with Crippen LogP contribution < -0.4 is 5.32 Å². The molecule has 1 aromatic carbocycles. The Kier molecular flexibility index (Phi) is 4.26. The highest BCUT2D eigenvalue weighted by Gasteiger charge is 2.29. The molecule has 5 heteroatoms. The maximum Gasteiger partial charge on any atom is 0.309 e. The average Bonchev–Trinajstić information content (AvgIpc) is 2.71. The monoisotopic (exact) mass is 302 g/mol. The third-order valence-corrected chi connectivity index (χ3v) is 4.04. The second kappa shape index (κ2) is 5.83. The average molecular weight is 302 g/mol. The number of carboxylic acid groups (broad SMARTS) is 1. The first-order valence-electron chi connectivity index (χ1n) is 7.28. The SMILES string of the molecule is Cc1[nH]c2ccc(CNC(=O)CC(C)(C)C(=O)O)cc2c1C. The molecule has 118 valence electrons. The molecule has 0 bridgehead atoms. The van der Waals surface area contributed by atoms with Crippen molar-refractivity contribution < 1.29 is 14.7 Å². The number of rotatable bonds is 5. The number of aryl methyl sites for hydroxylation is 2. The van der Waals surface area contributed by atoms with Crippen LogP contribution in [0.1, 0.15) is 37.1 Å². The standard InChI is InChI=1S/C17H22N2O3/c1-10-11(2)19-14-6-5-12(7-13(10)14)9-18-15(20)8-17(3,4)16(21)22/h5-7,19H,8-9H2,1-4H3,(H,18,20)(H,21,22). The molecule has 1 heterocycles. The van der Waals surface area contributed by atoms with E-state index in [2.05, 4.69) is 23.3 Å². The van der Waals surface area contributed by atoms with Crippen LogP contribution in [0.25, 0.3) is 10.9 Å². The number of amides is 1. The van der Waals surface area contributed by atoms with Gasteiger partial charge in [0.1, 0.15) is 0 Å². The van der Waals surface area contributed by atoms with Crippen LogP contribution in [0, 0.1) is 19.3 Å².